The van der Waals surface area contributed by atoms with Gasteiger partial charge in [-0.1, -0.05) is 18.2 Å². The molecule has 15 heavy (non-hydrogen) atoms. The Morgan fingerprint density at radius 1 is 1.40 bits per heavy atom. The summed E-state index contributed by atoms with van der Waals surface area (Å²) >= 11 is 0. The van der Waals surface area contributed by atoms with E-state index in [9.17, 15) is 4.79 Å². The van der Waals surface area contributed by atoms with E-state index in [0.717, 1.165) is 16.8 Å². The van der Waals surface area contributed by atoms with Gasteiger partial charge < -0.3 is 5.11 Å². The molecule has 0 fully saturated rings. The maximum atomic E-state index is 10.6. The Hall–Kier alpha value is -1.97. The molecule has 1 N–H and O–H groups in total. The predicted molar refractivity (Wildman–Crippen MR) is 55.0 cm³/mol. The molecule has 1 heterocycles. The molecule has 4 nitrogen and oxygen atoms in total. The summed E-state index contributed by atoms with van der Waals surface area (Å²) in [7, 11) is 0. The Labute approximate surface area is 87.0 Å². The summed E-state index contributed by atoms with van der Waals surface area (Å²) in [4.78, 5) is 10.6. The van der Waals surface area contributed by atoms with E-state index in [1.165, 1.54) is 6.20 Å². The van der Waals surface area contributed by atoms with Crippen molar-refractivity contribution in [1.29, 1.82) is 0 Å². The Morgan fingerprint density at radius 2 is 2.20 bits per heavy atom. The van der Waals surface area contributed by atoms with Crippen LogP contribution in [0.15, 0.2) is 46.3 Å². The van der Waals surface area contributed by atoms with Crippen molar-refractivity contribution < 1.29 is 9.90 Å². The third-order valence-corrected chi connectivity index (χ3v) is 2.19. The number of nitrogens with zero attached hydrogens (tertiary/aromatic N) is 2. The van der Waals surface area contributed by atoms with Crippen molar-refractivity contribution in [3.8, 4) is 0 Å². The largest absolute Gasteiger partial charge is 0.481 e. The van der Waals surface area contributed by atoms with E-state index >= 15 is 0 Å². The van der Waals surface area contributed by atoms with Crippen LogP contribution in [0, 0.1) is 0 Å². The molecule has 1 aromatic carbocycles. The summed E-state index contributed by atoms with van der Waals surface area (Å²) in [6.45, 7) is 0. The molecule has 0 spiro atoms. The molecule has 0 saturated carbocycles. The Morgan fingerprint density at radius 3 is 3.00 bits per heavy atom. The van der Waals surface area contributed by atoms with E-state index in [1.54, 1.807) is 0 Å². The summed E-state index contributed by atoms with van der Waals surface area (Å²) in [6.07, 6.45) is 2.16. The number of azo groups is 1. The van der Waals surface area contributed by atoms with Crippen LogP contribution in [0.4, 0.5) is 5.69 Å². The molecule has 1 aliphatic heterocycles. The molecule has 0 atom stereocenters. The number of hydrogen-bond donors (Lipinski definition) is 1. The van der Waals surface area contributed by atoms with Crippen LogP contribution >= 0.6 is 0 Å². The smallest absolute Gasteiger partial charge is 0.307 e. The fraction of sp³-hybridized carbons (Fsp3) is 0.182. The summed E-state index contributed by atoms with van der Waals surface area (Å²) in [5.41, 5.74) is 2.61. The molecule has 0 saturated heterocycles. The maximum Gasteiger partial charge on any atom is 0.307 e. The van der Waals surface area contributed by atoms with Gasteiger partial charge >= 0.3 is 5.97 Å². The molecule has 0 amide bonds. The first-order chi connectivity index (χ1) is 7.25. The second-order valence-corrected chi connectivity index (χ2v) is 3.38. The van der Waals surface area contributed by atoms with Crippen molar-refractivity contribution in [2.45, 2.75) is 12.8 Å². The van der Waals surface area contributed by atoms with Gasteiger partial charge in [-0.25, -0.2) is 0 Å². The van der Waals surface area contributed by atoms with E-state index in [-0.39, 0.29) is 6.42 Å². The van der Waals surface area contributed by atoms with Gasteiger partial charge in [0.15, 0.2) is 0 Å². The van der Waals surface area contributed by atoms with E-state index in [4.69, 9.17) is 5.11 Å². The number of benzene rings is 1. The first-order valence-electron chi connectivity index (χ1n) is 4.64. The number of hydrogen-bond acceptors (Lipinski definition) is 3. The average Bonchev–Trinajstić information content (AvgIpc) is 2.38. The van der Waals surface area contributed by atoms with Crippen LogP contribution in [0.2, 0.25) is 0 Å². The molecular formula is C11H10N2O2. The quantitative estimate of drug-likeness (QED) is 0.801. The van der Waals surface area contributed by atoms with Crippen molar-refractivity contribution in [3.05, 3.63) is 41.6 Å². The molecule has 1 aromatic rings. The van der Waals surface area contributed by atoms with Gasteiger partial charge in [0.1, 0.15) is 0 Å². The molecule has 1 aliphatic rings. The van der Waals surface area contributed by atoms with Crippen LogP contribution in [0.25, 0.3) is 0 Å². The van der Waals surface area contributed by atoms with Gasteiger partial charge in [-0.2, -0.15) is 10.2 Å². The monoisotopic (exact) mass is 202 g/mol. The highest BCUT2D eigenvalue weighted by Gasteiger charge is 2.10. The lowest BCUT2D eigenvalue weighted by atomic mass is 10.0. The normalized spacial score (nSPS) is 14.0. The third kappa shape index (κ3) is 2.28. The van der Waals surface area contributed by atoms with Crippen molar-refractivity contribution in [3.63, 3.8) is 0 Å². The lowest BCUT2D eigenvalue weighted by Gasteiger charge is -2.03. The topological polar surface area (TPSA) is 62.0 Å². The van der Waals surface area contributed by atoms with Crippen molar-refractivity contribution in [1.82, 2.24) is 0 Å². The minimum absolute atomic E-state index is 0.0212. The highest BCUT2D eigenvalue weighted by molar-refractivity contribution is 5.70. The first kappa shape index (κ1) is 9.58. The Kier molecular flexibility index (Phi) is 2.58. The molecule has 2 rings (SSSR count). The van der Waals surface area contributed by atoms with Gasteiger partial charge in [-0.05, 0) is 23.6 Å². The van der Waals surface area contributed by atoms with Crippen molar-refractivity contribution >= 4 is 11.7 Å². The van der Waals surface area contributed by atoms with Crippen molar-refractivity contribution in [2.24, 2.45) is 10.2 Å². The minimum atomic E-state index is -0.837. The van der Waals surface area contributed by atoms with Crippen LogP contribution < -0.4 is 0 Å². The molecule has 0 bridgehead atoms. The van der Waals surface area contributed by atoms with E-state index in [1.807, 2.05) is 24.3 Å². The molecule has 0 radical (unpaired) electrons. The fourth-order valence-corrected chi connectivity index (χ4v) is 1.52. The Balaban J connectivity index is 2.27. The molecule has 76 valence electrons. The summed E-state index contributed by atoms with van der Waals surface area (Å²) in [5, 5.41) is 16.5. The standard InChI is InChI=1S/C11H10N2O2/c14-11(15)6-8-5-9-3-1-2-4-10(9)13-12-7-8/h1-4,7H,5-6H2,(H,14,15). The highest BCUT2D eigenvalue weighted by Crippen LogP contribution is 2.25. The number of carboxylic acids is 1. The van der Waals surface area contributed by atoms with Crippen LogP contribution in [-0.2, 0) is 11.2 Å². The Bertz CT molecular complexity index is 450. The second-order valence-electron chi connectivity index (χ2n) is 3.38. The number of fused-ring (bicyclic) bond motifs is 1. The zero-order chi connectivity index (χ0) is 10.7. The van der Waals surface area contributed by atoms with Gasteiger partial charge in [0.05, 0.1) is 12.1 Å². The van der Waals surface area contributed by atoms with Crippen LogP contribution in [0.1, 0.15) is 12.0 Å². The van der Waals surface area contributed by atoms with Crippen LogP contribution in [-0.4, -0.2) is 11.1 Å². The fourth-order valence-electron chi connectivity index (χ4n) is 1.52. The SMILES string of the molecule is O=C(O)CC1=CN=Nc2ccccc2C1. The van der Waals surface area contributed by atoms with Gasteiger partial charge in [0.25, 0.3) is 0 Å². The summed E-state index contributed by atoms with van der Waals surface area (Å²) in [6, 6.07) is 7.61. The van der Waals surface area contributed by atoms with E-state index in [2.05, 4.69) is 10.2 Å². The van der Waals surface area contributed by atoms with E-state index in [0.29, 0.717) is 6.42 Å². The minimum Gasteiger partial charge on any atom is -0.481 e. The van der Waals surface area contributed by atoms with Crippen molar-refractivity contribution in [2.75, 3.05) is 0 Å². The average molecular weight is 202 g/mol. The van der Waals surface area contributed by atoms with E-state index < -0.39 is 5.97 Å². The lowest BCUT2D eigenvalue weighted by molar-refractivity contribution is -0.136. The zero-order valence-electron chi connectivity index (χ0n) is 8.05. The highest BCUT2D eigenvalue weighted by atomic mass is 16.4. The van der Waals surface area contributed by atoms with Gasteiger partial charge in [0, 0.05) is 6.20 Å². The third-order valence-electron chi connectivity index (χ3n) is 2.19. The first-order valence-corrected chi connectivity index (χ1v) is 4.64. The van der Waals surface area contributed by atoms with Gasteiger partial charge in [-0.15, -0.1) is 0 Å². The zero-order valence-corrected chi connectivity index (χ0v) is 8.05. The lowest BCUT2D eigenvalue weighted by Crippen LogP contribution is -1.99. The molecule has 0 aliphatic carbocycles. The number of aliphatic carboxylic acids is 1. The molecular weight excluding hydrogens is 192 g/mol. The summed E-state index contributed by atoms with van der Waals surface area (Å²) in [5.74, 6) is -0.837. The number of carboxylic acid groups (broad SMARTS) is 1. The molecule has 0 unspecified atom stereocenters. The molecule has 4 heteroatoms. The molecule has 0 aromatic heterocycles. The maximum absolute atomic E-state index is 10.6. The van der Waals surface area contributed by atoms with Crippen LogP contribution in [0.5, 0.6) is 0 Å². The predicted octanol–water partition coefficient (Wildman–Crippen LogP) is 2.69. The van der Waals surface area contributed by atoms with Gasteiger partial charge in [0.2, 0.25) is 0 Å². The second kappa shape index (κ2) is 4.04. The summed E-state index contributed by atoms with van der Waals surface area (Å²) < 4.78 is 0. The van der Waals surface area contributed by atoms with Gasteiger partial charge in [-0.3, -0.25) is 4.79 Å². The number of rotatable bonds is 2. The number of carbonyl (C=O) groups is 1. The van der Waals surface area contributed by atoms with Crippen LogP contribution in [0.3, 0.4) is 0 Å².